The van der Waals surface area contributed by atoms with E-state index in [-0.39, 0.29) is 6.03 Å². The summed E-state index contributed by atoms with van der Waals surface area (Å²) in [5.74, 6) is 7.43. The number of rotatable bonds is 0. The van der Waals surface area contributed by atoms with Gasteiger partial charge in [-0.2, -0.15) is 0 Å². The minimum Gasteiger partial charge on any atom is -0.331 e. The van der Waals surface area contributed by atoms with E-state index in [4.69, 9.17) is 11.6 Å². The summed E-state index contributed by atoms with van der Waals surface area (Å²) >= 11 is 5.95. The molecule has 2 aromatic rings. The van der Waals surface area contributed by atoms with Crippen LogP contribution in [0.4, 0.5) is 4.79 Å². The number of urea groups is 1. The lowest BCUT2D eigenvalue weighted by Gasteiger charge is -2.29. The standard InChI is InChI=1S/C16H16ClN5O/c1-20(2)16(23)21-8-9-22-14(18-19-15(22)11-21)7-6-12-4-3-5-13(17)10-12/h3-5,10H,8-9,11H2,1-2H3. The summed E-state index contributed by atoms with van der Waals surface area (Å²) in [7, 11) is 3.48. The Morgan fingerprint density at radius 3 is 2.83 bits per heavy atom. The minimum absolute atomic E-state index is 0.0224. The normalized spacial score (nSPS) is 13.1. The van der Waals surface area contributed by atoms with Crippen LogP contribution in [0, 0.1) is 11.8 Å². The SMILES string of the molecule is CN(C)C(=O)N1CCn2c(C#Cc3cccc(Cl)c3)nnc2C1. The monoisotopic (exact) mass is 329 g/mol. The van der Waals surface area contributed by atoms with Gasteiger partial charge in [-0.3, -0.25) is 0 Å². The van der Waals surface area contributed by atoms with Crippen molar-refractivity contribution in [2.75, 3.05) is 20.6 Å². The van der Waals surface area contributed by atoms with Gasteiger partial charge < -0.3 is 14.4 Å². The third-order valence-electron chi connectivity index (χ3n) is 3.55. The van der Waals surface area contributed by atoms with Gasteiger partial charge in [-0.15, -0.1) is 10.2 Å². The van der Waals surface area contributed by atoms with Gasteiger partial charge in [0.1, 0.15) is 0 Å². The molecule has 1 aromatic heterocycles. The molecule has 1 aliphatic heterocycles. The largest absolute Gasteiger partial charge is 0.331 e. The third-order valence-corrected chi connectivity index (χ3v) is 3.78. The van der Waals surface area contributed by atoms with Crippen LogP contribution >= 0.6 is 11.6 Å². The van der Waals surface area contributed by atoms with Crippen LogP contribution in [0.5, 0.6) is 0 Å². The maximum atomic E-state index is 12.0. The fraction of sp³-hybridized carbons (Fsp3) is 0.312. The van der Waals surface area contributed by atoms with E-state index in [0.717, 1.165) is 11.4 Å². The predicted octanol–water partition coefficient (Wildman–Crippen LogP) is 1.83. The number of halogens is 1. The van der Waals surface area contributed by atoms with Gasteiger partial charge in [0.15, 0.2) is 5.82 Å². The number of fused-ring (bicyclic) bond motifs is 1. The van der Waals surface area contributed by atoms with Crippen molar-refractivity contribution in [1.29, 1.82) is 0 Å². The molecule has 2 heterocycles. The zero-order valence-corrected chi connectivity index (χ0v) is 13.7. The van der Waals surface area contributed by atoms with Crippen molar-refractivity contribution in [3.63, 3.8) is 0 Å². The number of hydrogen-bond acceptors (Lipinski definition) is 3. The first-order chi connectivity index (χ1) is 11.0. The number of carbonyl (C=O) groups excluding carboxylic acids is 1. The minimum atomic E-state index is -0.0224. The number of aromatic nitrogens is 3. The molecule has 0 saturated heterocycles. The van der Waals surface area contributed by atoms with Crippen molar-refractivity contribution in [2.45, 2.75) is 13.1 Å². The smallest absolute Gasteiger partial charge is 0.319 e. The Bertz CT molecular complexity index is 802. The summed E-state index contributed by atoms with van der Waals surface area (Å²) in [6.45, 7) is 1.71. The second-order valence-corrected chi connectivity index (χ2v) is 5.89. The molecule has 7 heteroatoms. The molecular weight excluding hydrogens is 314 g/mol. The first kappa shape index (κ1) is 15.4. The topological polar surface area (TPSA) is 54.3 Å². The van der Waals surface area contributed by atoms with E-state index in [2.05, 4.69) is 22.0 Å². The van der Waals surface area contributed by atoms with Gasteiger partial charge in [0.25, 0.3) is 0 Å². The van der Waals surface area contributed by atoms with E-state index >= 15 is 0 Å². The van der Waals surface area contributed by atoms with Crippen molar-refractivity contribution in [3.8, 4) is 11.8 Å². The van der Waals surface area contributed by atoms with Crippen LogP contribution in [-0.4, -0.2) is 51.2 Å². The van der Waals surface area contributed by atoms with Gasteiger partial charge in [0.05, 0.1) is 6.54 Å². The van der Waals surface area contributed by atoms with Gasteiger partial charge in [-0.25, -0.2) is 4.79 Å². The predicted molar refractivity (Wildman–Crippen MR) is 86.9 cm³/mol. The lowest BCUT2D eigenvalue weighted by molar-refractivity contribution is 0.156. The first-order valence-electron chi connectivity index (χ1n) is 7.20. The van der Waals surface area contributed by atoms with Gasteiger partial charge in [0.2, 0.25) is 5.82 Å². The van der Waals surface area contributed by atoms with Crippen molar-refractivity contribution >= 4 is 17.6 Å². The summed E-state index contributed by atoms with van der Waals surface area (Å²) in [4.78, 5) is 15.3. The highest BCUT2D eigenvalue weighted by Crippen LogP contribution is 2.14. The summed E-state index contributed by atoms with van der Waals surface area (Å²) < 4.78 is 1.96. The van der Waals surface area contributed by atoms with Crippen LogP contribution in [0.15, 0.2) is 24.3 Å². The molecule has 0 aliphatic carbocycles. The van der Waals surface area contributed by atoms with Gasteiger partial charge in [-0.1, -0.05) is 23.6 Å². The van der Waals surface area contributed by atoms with E-state index in [1.54, 1.807) is 30.0 Å². The third kappa shape index (κ3) is 3.30. The molecular formula is C16H16ClN5O. The fourth-order valence-electron chi connectivity index (χ4n) is 2.39. The summed E-state index contributed by atoms with van der Waals surface area (Å²) in [5.41, 5.74) is 0.829. The zero-order chi connectivity index (χ0) is 16.4. The molecule has 118 valence electrons. The molecule has 6 nitrogen and oxygen atoms in total. The Morgan fingerprint density at radius 1 is 1.26 bits per heavy atom. The average Bonchev–Trinajstić information content (AvgIpc) is 2.94. The van der Waals surface area contributed by atoms with Gasteiger partial charge in [0, 0.05) is 37.8 Å². The highest BCUT2D eigenvalue weighted by atomic mass is 35.5. The Balaban J connectivity index is 1.80. The van der Waals surface area contributed by atoms with E-state index in [0.29, 0.717) is 30.5 Å². The molecule has 23 heavy (non-hydrogen) atoms. The average molecular weight is 330 g/mol. The molecule has 0 spiro atoms. The number of nitrogens with zero attached hydrogens (tertiary/aromatic N) is 5. The van der Waals surface area contributed by atoms with Gasteiger partial charge >= 0.3 is 6.03 Å². The lowest BCUT2D eigenvalue weighted by Crippen LogP contribution is -2.43. The highest BCUT2D eigenvalue weighted by Gasteiger charge is 2.24. The number of hydrogen-bond donors (Lipinski definition) is 0. The van der Waals surface area contributed by atoms with E-state index in [1.165, 1.54) is 0 Å². The fourth-order valence-corrected chi connectivity index (χ4v) is 2.58. The maximum absolute atomic E-state index is 12.0. The molecule has 0 atom stereocenters. The molecule has 0 saturated carbocycles. The molecule has 0 fully saturated rings. The quantitative estimate of drug-likeness (QED) is 0.693. The summed E-state index contributed by atoms with van der Waals surface area (Å²) in [6.07, 6.45) is 0. The van der Waals surface area contributed by atoms with Crippen molar-refractivity contribution in [1.82, 2.24) is 24.6 Å². The Hall–Kier alpha value is -2.52. The Labute approximate surface area is 139 Å². The molecule has 0 bridgehead atoms. The molecule has 0 radical (unpaired) electrons. The molecule has 3 rings (SSSR count). The van der Waals surface area contributed by atoms with Crippen LogP contribution in [0.2, 0.25) is 5.02 Å². The van der Waals surface area contributed by atoms with Gasteiger partial charge in [-0.05, 0) is 24.1 Å². The summed E-state index contributed by atoms with van der Waals surface area (Å²) in [5, 5.41) is 8.93. The molecule has 0 N–H and O–H groups in total. The summed E-state index contributed by atoms with van der Waals surface area (Å²) in [6, 6.07) is 7.34. The lowest BCUT2D eigenvalue weighted by atomic mass is 10.2. The van der Waals surface area contributed by atoms with Crippen molar-refractivity contribution in [3.05, 3.63) is 46.5 Å². The molecule has 2 amide bonds. The van der Waals surface area contributed by atoms with E-state index < -0.39 is 0 Å². The number of carbonyl (C=O) groups is 1. The Kier molecular flexibility index (Phi) is 4.22. The zero-order valence-electron chi connectivity index (χ0n) is 13.0. The second kappa shape index (κ2) is 6.31. The second-order valence-electron chi connectivity index (χ2n) is 5.45. The number of amides is 2. The van der Waals surface area contributed by atoms with Crippen molar-refractivity contribution < 1.29 is 4.79 Å². The van der Waals surface area contributed by atoms with Crippen LogP contribution in [0.25, 0.3) is 0 Å². The Morgan fingerprint density at radius 2 is 2.09 bits per heavy atom. The molecule has 1 aliphatic rings. The first-order valence-corrected chi connectivity index (χ1v) is 7.58. The van der Waals surface area contributed by atoms with E-state index in [1.807, 2.05) is 22.8 Å². The molecule has 0 unspecified atom stereocenters. The number of benzene rings is 1. The van der Waals surface area contributed by atoms with Crippen LogP contribution in [0.3, 0.4) is 0 Å². The highest BCUT2D eigenvalue weighted by molar-refractivity contribution is 6.30. The van der Waals surface area contributed by atoms with Crippen LogP contribution in [0.1, 0.15) is 17.2 Å². The van der Waals surface area contributed by atoms with E-state index in [9.17, 15) is 4.79 Å². The van der Waals surface area contributed by atoms with Crippen LogP contribution < -0.4 is 0 Å². The molecule has 1 aromatic carbocycles. The maximum Gasteiger partial charge on any atom is 0.319 e. The van der Waals surface area contributed by atoms with Crippen LogP contribution in [-0.2, 0) is 13.1 Å². The van der Waals surface area contributed by atoms with Crippen molar-refractivity contribution in [2.24, 2.45) is 0 Å².